The molecule has 0 aliphatic heterocycles. The van der Waals surface area contributed by atoms with Crippen molar-refractivity contribution in [3.63, 3.8) is 0 Å². The Balaban J connectivity index is 1.98. The van der Waals surface area contributed by atoms with E-state index in [-0.39, 0.29) is 17.6 Å². The second-order valence-electron chi connectivity index (χ2n) is 4.65. The number of benzene rings is 1. The summed E-state index contributed by atoms with van der Waals surface area (Å²) in [5.74, 6) is 0.906. The zero-order chi connectivity index (χ0) is 13.1. The van der Waals surface area contributed by atoms with Gasteiger partial charge < -0.3 is 9.47 Å². The van der Waals surface area contributed by atoms with Crippen LogP contribution in [0.1, 0.15) is 25.3 Å². The highest BCUT2D eigenvalue weighted by molar-refractivity contribution is 9.10. The molecule has 0 aromatic heterocycles. The molecule has 1 aliphatic carbocycles. The number of hydrogen-bond acceptors (Lipinski definition) is 2. The molecule has 1 saturated carbocycles. The average Bonchev–Trinajstić information content (AvgIpc) is 2.33. The van der Waals surface area contributed by atoms with Gasteiger partial charge in [0.05, 0.1) is 5.38 Å². The lowest BCUT2D eigenvalue weighted by Crippen LogP contribution is -2.52. The van der Waals surface area contributed by atoms with E-state index < -0.39 is 0 Å². The lowest BCUT2D eigenvalue weighted by atomic mass is 9.90. The average molecular weight is 334 g/mol. The predicted molar refractivity (Wildman–Crippen MR) is 77.6 cm³/mol. The molecular formula is C14H18BrClO2. The molecule has 0 bridgehead atoms. The molecule has 18 heavy (non-hydrogen) atoms. The van der Waals surface area contributed by atoms with E-state index in [1.165, 1.54) is 0 Å². The van der Waals surface area contributed by atoms with Crippen LogP contribution >= 0.6 is 27.5 Å². The van der Waals surface area contributed by atoms with Crippen molar-refractivity contribution in [2.75, 3.05) is 6.61 Å². The first kappa shape index (κ1) is 14.2. The minimum Gasteiger partial charge on any atom is -0.487 e. The number of ether oxygens (including phenoxy) is 2. The fraction of sp³-hybridized carbons (Fsp3) is 0.571. The minimum atomic E-state index is 0.0185. The molecule has 0 saturated heterocycles. The third-order valence-electron chi connectivity index (χ3n) is 3.12. The molecule has 1 aromatic carbocycles. The van der Waals surface area contributed by atoms with Crippen LogP contribution in [0.25, 0.3) is 0 Å². The summed E-state index contributed by atoms with van der Waals surface area (Å²) >= 11 is 9.63. The van der Waals surface area contributed by atoms with Gasteiger partial charge >= 0.3 is 0 Å². The number of rotatable bonds is 5. The van der Waals surface area contributed by atoms with Crippen molar-refractivity contribution < 1.29 is 9.47 Å². The Labute approximate surface area is 122 Å². The number of aryl methyl sites for hydroxylation is 1. The van der Waals surface area contributed by atoms with Crippen LogP contribution in [0.5, 0.6) is 5.75 Å². The van der Waals surface area contributed by atoms with Crippen LogP contribution in [0.2, 0.25) is 0 Å². The maximum Gasteiger partial charge on any atom is 0.128 e. The van der Waals surface area contributed by atoms with Gasteiger partial charge in [-0.05, 0) is 31.0 Å². The molecule has 0 amide bonds. The smallest absolute Gasteiger partial charge is 0.128 e. The Bertz CT molecular complexity index is 411. The standard InChI is InChI=1S/C14H18BrClO2/c1-3-6-17-14-11(16)8-13(14)18-12-7-10(15)5-4-9(12)2/h4-5,7,11,13-14H,3,6,8H2,1-2H3. The lowest BCUT2D eigenvalue weighted by Gasteiger charge is -2.40. The summed E-state index contributed by atoms with van der Waals surface area (Å²) in [5, 5.41) is 0.0778. The molecule has 3 unspecified atom stereocenters. The number of alkyl halides is 1. The maximum atomic E-state index is 6.17. The van der Waals surface area contributed by atoms with Gasteiger partial charge in [0.1, 0.15) is 18.0 Å². The van der Waals surface area contributed by atoms with Crippen molar-refractivity contribution in [3.05, 3.63) is 28.2 Å². The van der Waals surface area contributed by atoms with E-state index >= 15 is 0 Å². The van der Waals surface area contributed by atoms with Crippen LogP contribution < -0.4 is 4.74 Å². The fourth-order valence-corrected chi connectivity index (χ4v) is 2.72. The van der Waals surface area contributed by atoms with Gasteiger partial charge in [-0.3, -0.25) is 0 Å². The molecule has 0 radical (unpaired) electrons. The highest BCUT2D eigenvalue weighted by Crippen LogP contribution is 2.34. The largest absolute Gasteiger partial charge is 0.487 e. The van der Waals surface area contributed by atoms with Gasteiger partial charge in [0.15, 0.2) is 0 Å². The molecule has 0 N–H and O–H groups in total. The van der Waals surface area contributed by atoms with Gasteiger partial charge in [0.2, 0.25) is 0 Å². The first-order valence-electron chi connectivity index (χ1n) is 6.30. The molecule has 4 heteroatoms. The van der Waals surface area contributed by atoms with E-state index in [1.807, 2.05) is 25.1 Å². The van der Waals surface area contributed by atoms with Gasteiger partial charge in [-0.15, -0.1) is 11.6 Å². The molecule has 0 heterocycles. The number of halogens is 2. The molecule has 100 valence electrons. The summed E-state index contributed by atoms with van der Waals surface area (Å²) < 4.78 is 12.8. The quantitative estimate of drug-likeness (QED) is 0.748. The summed E-state index contributed by atoms with van der Waals surface area (Å²) in [6.45, 7) is 4.88. The second-order valence-corrected chi connectivity index (χ2v) is 6.13. The van der Waals surface area contributed by atoms with Crippen LogP contribution in [0.4, 0.5) is 0 Å². The summed E-state index contributed by atoms with van der Waals surface area (Å²) in [6.07, 6.45) is 1.95. The normalized spacial score (nSPS) is 26.8. The Kier molecular flexibility index (Phi) is 4.93. The summed E-state index contributed by atoms with van der Waals surface area (Å²) in [5.41, 5.74) is 1.13. The fourth-order valence-electron chi connectivity index (χ4n) is 1.97. The molecule has 0 spiro atoms. The highest BCUT2D eigenvalue weighted by Gasteiger charge is 2.42. The van der Waals surface area contributed by atoms with Crippen LogP contribution in [-0.4, -0.2) is 24.2 Å². The Morgan fingerprint density at radius 3 is 2.89 bits per heavy atom. The first-order chi connectivity index (χ1) is 8.61. The third-order valence-corrected chi connectivity index (χ3v) is 4.04. The first-order valence-corrected chi connectivity index (χ1v) is 7.53. The Morgan fingerprint density at radius 2 is 2.22 bits per heavy atom. The van der Waals surface area contributed by atoms with Crippen molar-refractivity contribution in [2.24, 2.45) is 0 Å². The van der Waals surface area contributed by atoms with Gasteiger partial charge in [-0.1, -0.05) is 28.9 Å². The van der Waals surface area contributed by atoms with Crippen molar-refractivity contribution in [1.29, 1.82) is 0 Å². The Morgan fingerprint density at radius 1 is 1.44 bits per heavy atom. The van der Waals surface area contributed by atoms with Gasteiger partial charge in [0.25, 0.3) is 0 Å². The molecule has 2 rings (SSSR count). The SMILES string of the molecule is CCCOC1C(Cl)CC1Oc1cc(Br)ccc1C. The minimum absolute atomic E-state index is 0.0185. The summed E-state index contributed by atoms with van der Waals surface area (Å²) in [7, 11) is 0. The topological polar surface area (TPSA) is 18.5 Å². The Hall–Kier alpha value is -0.250. The van der Waals surface area contributed by atoms with Crippen LogP contribution in [0.3, 0.4) is 0 Å². The van der Waals surface area contributed by atoms with Crippen molar-refractivity contribution >= 4 is 27.5 Å². The van der Waals surface area contributed by atoms with Crippen molar-refractivity contribution in [1.82, 2.24) is 0 Å². The molecule has 1 fully saturated rings. The van der Waals surface area contributed by atoms with Crippen molar-refractivity contribution in [3.8, 4) is 5.75 Å². The van der Waals surface area contributed by atoms with Crippen LogP contribution in [-0.2, 0) is 4.74 Å². The van der Waals surface area contributed by atoms with Crippen molar-refractivity contribution in [2.45, 2.75) is 44.3 Å². The van der Waals surface area contributed by atoms with Gasteiger partial charge in [-0.25, -0.2) is 0 Å². The number of hydrogen-bond donors (Lipinski definition) is 0. The van der Waals surface area contributed by atoms with E-state index in [0.717, 1.165) is 35.2 Å². The molecule has 2 nitrogen and oxygen atoms in total. The molecular weight excluding hydrogens is 316 g/mol. The van der Waals surface area contributed by atoms with Gasteiger partial charge in [0, 0.05) is 17.5 Å². The highest BCUT2D eigenvalue weighted by atomic mass is 79.9. The summed E-state index contributed by atoms with van der Waals surface area (Å²) in [4.78, 5) is 0. The third kappa shape index (κ3) is 3.19. The molecule has 3 atom stereocenters. The maximum absolute atomic E-state index is 6.17. The zero-order valence-electron chi connectivity index (χ0n) is 10.7. The van der Waals surface area contributed by atoms with Gasteiger partial charge in [-0.2, -0.15) is 0 Å². The molecule has 1 aliphatic rings. The predicted octanol–water partition coefficient (Wildman–Crippen LogP) is 4.31. The van der Waals surface area contributed by atoms with E-state index in [2.05, 4.69) is 22.9 Å². The van der Waals surface area contributed by atoms with Crippen LogP contribution in [0, 0.1) is 6.92 Å². The van der Waals surface area contributed by atoms with E-state index in [4.69, 9.17) is 21.1 Å². The zero-order valence-corrected chi connectivity index (χ0v) is 13.0. The molecule has 1 aromatic rings. The van der Waals surface area contributed by atoms with E-state index in [0.29, 0.717) is 0 Å². The van der Waals surface area contributed by atoms with E-state index in [9.17, 15) is 0 Å². The van der Waals surface area contributed by atoms with E-state index in [1.54, 1.807) is 0 Å². The monoisotopic (exact) mass is 332 g/mol. The second kappa shape index (κ2) is 6.27. The summed E-state index contributed by atoms with van der Waals surface area (Å²) in [6, 6.07) is 6.05. The lowest BCUT2D eigenvalue weighted by molar-refractivity contribution is -0.0799. The van der Waals surface area contributed by atoms with Crippen LogP contribution in [0.15, 0.2) is 22.7 Å².